The summed E-state index contributed by atoms with van der Waals surface area (Å²) in [5.41, 5.74) is 2.82. The van der Waals surface area contributed by atoms with E-state index in [-0.39, 0.29) is 17.7 Å². The standard InChI is InChI=1S/C28H31N3O4/c32-27-7-3-11-30(27)13-15-35-25-6-1-4-24(18-25)28(33)31-12-14-34-20-22(19-31)16-21-8-9-26-23(17-21)5-2-10-29-26/h1-2,4-6,8-10,17-18,22H,3,7,11-16,19-20H2/t22-/m0/s1. The van der Waals surface area contributed by atoms with Crippen molar-refractivity contribution in [3.05, 3.63) is 71.9 Å². The van der Waals surface area contributed by atoms with Crippen molar-refractivity contribution in [2.24, 2.45) is 5.92 Å². The number of carbonyl (C=O) groups is 2. The molecule has 182 valence electrons. The zero-order chi connectivity index (χ0) is 24.0. The van der Waals surface area contributed by atoms with Crippen molar-refractivity contribution in [3.8, 4) is 5.75 Å². The number of hydrogen-bond acceptors (Lipinski definition) is 5. The topological polar surface area (TPSA) is 72.0 Å². The fourth-order valence-corrected chi connectivity index (χ4v) is 4.89. The fraction of sp³-hybridized carbons (Fsp3) is 0.393. The molecule has 0 radical (unpaired) electrons. The molecule has 7 heteroatoms. The molecule has 7 nitrogen and oxygen atoms in total. The monoisotopic (exact) mass is 473 g/mol. The Morgan fingerprint density at radius 1 is 1.11 bits per heavy atom. The maximum Gasteiger partial charge on any atom is 0.254 e. The van der Waals surface area contributed by atoms with Crippen LogP contribution in [0.3, 0.4) is 0 Å². The third-order valence-electron chi connectivity index (χ3n) is 6.70. The van der Waals surface area contributed by atoms with Crippen LogP contribution in [0.25, 0.3) is 10.9 Å². The van der Waals surface area contributed by atoms with Crippen molar-refractivity contribution in [2.45, 2.75) is 19.3 Å². The first-order valence-electron chi connectivity index (χ1n) is 12.4. The Hall–Kier alpha value is -3.45. The molecule has 0 aliphatic carbocycles. The number of hydrogen-bond donors (Lipinski definition) is 0. The van der Waals surface area contributed by atoms with Crippen molar-refractivity contribution in [1.29, 1.82) is 0 Å². The first kappa shape index (κ1) is 23.3. The van der Waals surface area contributed by atoms with Gasteiger partial charge in [0.2, 0.25) is 5.91 Å². The molecule has 2 aromatic carbocycles. The Morgan fingerprint density at radius 3 is 2.94 bits per heavy atom. The van der Waals surface area contributed by atoms with E-state index < -0.39 is 0 Å². The van der Waals surface area contributed by atoms with Crippen LogP contribution in [0.15, 0.2) is 60.8 Å². The highest BCUT2D eigenvalue weighted by atomic mass is 16.5. The molecule has 35 heavy (non-hydrogen) atoms. The SMILES string of the molecule is O=C1CCCN1CCOc1cccc(C(=O)N2CCOC[C@@H](Cc3ccc4ncccc4c3)C2)c1. The minimum absolute atomic E-state index is 0.0108. The van der Waals surface area contributed by atoms with Gasteiger partial charge in [0.25, 0.3) is 5.91 Å². The highest BCUT2D eigenvalue weighted by molar-refractivity contribution is 5.94. The van der Waals surface area contributed by atoms with E-state index in [1.807, 2.05) is 34.1 Å². The van der Waals surface area contributed by atoms with Crippen molar-refractivity contribution >= 4 is 22.7 Å². The second-order valence-electron chi connectivity index (χ2n) is 9.29. The lowest BCUT2D eigenvalue weighted by molar-refractivity contribution is -0.128. The Morgan fingerprint density at radius 2 is 2.06 bits per heavy atom. The molecule has 3 heterocycles. The summed E-state index contributed by atoms with van der Waals surface area (Å²) in [7, 11) is 0. The Kier molecular flexibility index (Phi) is 7.23. The van der Waals surface area contributed by atoms with Gasteiger partial charge in [-0.2, -0.15) is 0 Å². The molecule has 0 N–H and O–H groups in total. The van der Waals surface area contributed by atoms with Gasteiger partial charge in [-0.15, -0.1) is 0 Å². The maximum atomic E-state index is 13.4. The predicted octanol–water partition coefficient (Wildman–Crippen LogP) is 3.57. The van der Waals surface area contributed by atoms with E-state index in [0.29, 0.717) is 57.2 Å². The summed E-state index contributed by atoms with van der Waals surface area (Å²) in [5.74, 6) is 1.04. The van der Waals surface area contributed by atoms with Gasteiger partial charge in [0, 0.05) is 49.1 Å². The molecule has 3 aromatic rings. The summed E-state index contributed by atoms with van der Waals surface area (Å²) in [5, 5.41) is 1.12. The summed E-state index contributed by atoms with van der Waals surface area (Å²) in [6.07, 6.45) is 4.19. The number of benzene rings is 2. The molecule has 2 aliphatic rings. The molecule has 2 fully saturated rings. The van der Waals surface area contributed by atoms with E-state index in [0.717, 1.165) is 30.3 Å². The molecule has 1 atom stereocenters. The van der Waals surface area contributed by atoms with Gasteiger partial charge in [-0.05, 0) is 54.8 Å². The minimum Gasteiger partial charge on any atom is -0.492 e. The number of rotatable bonds is 7. The lowest BCUT2D eigenvalue weighted by Crippen LogP contribution is -2.36. The van der Waals surface area contributed by atoms with Crippen LogP contribution in [-0.4, -0.2) is 72.6 Å². The molecule has 0 spiro atoms. The Bertz CT molecular complexity index is 1200. The second-order valence-corrected chi connectivity index (χ2v) is 9.29. The zero-order valence-electron chi connectivity index (χ0n) is 19.9. The minimum atomic E-state index is -0.0108. The van der Waals surface area contributed by atoms with E-state index in [1.54, 1.807) is 12.3 Å². The van der Waals surface area contributed by atoms with Gasteiger partial charge >= 0.3 is 0 Å². The van der Waals surface area contributed by atoms with Gasteiger partial charge in [-0.25, -0.2) is 0 Å². The Labute approximate surface area is 205 Å². The average molecular weight is 474 g/mol. The van der Waals surface area contributed by atoms with Crippen molar-refractivity contribution in [1.82, 2.24) is 14.8 Å². The number of fused-ring (bicyclic) bond motifs is 1. The summed E-state index contributed by atoms with van der Waals surface area (Å²) in [6.45, 7) is 4.18. The maximum absolute atomic E-state index is 13.4. The summed E-state index contributed by atoms with van der Waals surface area (Å²) >= 11 is 0. The number of aromatic nitrogens is 1. The van der Waals surface area contributed by atoms with Crippen LogP contribution in [0.4, 0.5) is 0 Å². The first-order chi connectivity index (χ1) is 17.2. The van der Waals surface area contributed by atoms with Crippen molar-refractivity contribution in [2.75, 3.05) is 46.0 Å². The van der Waals surface area contributed by atoms with Gasteiger partial charge in [-0.1, -0.05) is 18.2 Å². The Balaban J connectivity index is 1.21. The van der Waals surface area contributed by atoms with Crippen molar-refractivity contribution < 1.29 is 19.1 Å². The zero-order valence-corrected chi connectivity index (χ0v) is 19.9. The quantitative estimate of drug-likeness (QED) is 0.525. The number of carbonyl (C=O) groups excluding carboxylic acids is 2. The van der Waals surface area contributed by atoms with Gasteiger partial charge in [0.1, 0.15) is 12.4 Å². The lowest BCUT2D eigenvalue weighted by Gasteiger charge is -2.24. The number of ether oxygens (including phenoxy) is 2. The highest BCUT2D eigenvalue weighted by Gasteiger charge is 2.24. The van der Waals surface area contributed by atoms with Gasteiger partial charge in [0.15, 0.2) is 0 Å². The number of amides is 2. The van der Waals surface area contributed by atoms with Crippen LogP contribution in [0.2, 0.25) is 0 Å². The molecule has 0 saturated carbocycles. The smallest absolute Gasteiger partial charge is 0.254 e. The van der Waals surface area contributed by atoms with Crippen LogP contribution in [0.5, 0.6) is 5.75 Å². The average Bonchev–Trinajstić information content (AvgIpc) is 3.15. The van der Waals surface area contributed by atoms with E-state index in [4.69, 9.17) is 9.47 Å². The highest BCUT2D eigenvalue weighted by Crippen LogP contribution is 2.21. The molecule has 1 aromatic heterocycles. The van der Waals surface area contributed by atoms with Crippen LogP contribution < -0.4 is 4.74 Å². The number of pyridine rings is 1. The number of likely N-dealkylation sites (tertiary alicyclic amines) is 1. The van der Waals surface area contributed by atoms with E-state index >= 15 is 0 Å². The summed E-state index contributed by atoms with van der Waals surface area (Å²) in [6, 6.07) is 17.7. The normalized spacial score (nSPS) is 18.6. The molecule has 2 aliphatic heterocycles. The van der Waals surface area contributed by atoms with E-state index in [2.05, 4.69) is 29.2 Å². The molecule has 5 rings (SSSR count). The lowest BCUT2D eigenvalue weighted by atomic mass is 9.98. The molecular weight excluding hydrogens is 442 g/mol. The third kappa shape index (κ3) is 5.80. The summed E-state index contributed by atoms with van der Waals surface area (Å²) < 4.78 is 11.7. The van der Waals surface area contributed by atoms with Crippen molar-refractivity contribution in [3.63, 3.8) is 0 Å². The van der Waals surface area contributed by atoms with Crippen LogP contribution in [-0.2, 0) is 16.0 Å². The van der Waals surface area contributed by atoms with Gasteiger partial charge < -0.3 is 19.3 Å². The second kappa shape index (κ2) is 10.9. The predicted molar refractivity (Wildman–Crippen MR) is 133 cm³/mol. The largest absolute Gasteiger partial charge is 0.492 e. The molecule has 2 amide bonds. The molecule has 0 bridgehead atoms. The van der Waals surface area contributed by atoms with Gasteiger partial charge in [-0.3, -0.25) is 14.6 Å². The van der Waals surface area contributed by atoms with Gasteiger partial charge in [0.05, 0.1) is 25.3 Å². The van der Waals surface area contributed by atoms with E-state index in [9.17, 15) is 9.59 Å². The van der Waals surface area contributed by atoms with E-state index in [1.165, 1.54) is 5.56 Å². The molecule has 0 unspecified atom stereocenters. The third-order valence-corrected chi connectivity index (χ3v) is 6.70. The molecule has 2 saturated heterocycles. The first-order valence-corrected chi connectivity index (χ1v) is 12.4. The van der Waals surface area contributed by atoms with Crippen LogP contribution >= 0.6 is 0 Å². The summed E-state index contributed by atoms with van der Waals surface area (Å²) in [4.78, 5) is 33.2. The fourth-order valence-electron chi connectivity index (χ4n) is 4.89. The number of nitrogens with zero attached hydrogens (tertiary/aromatic N) is 3. The van der Waals surface area contributed by atoms with Crippen LogP contribution in [0.1, 0.15) is 28.8 Å². The molecular formula is C28H31N3O4. The van der Waals surface area contributed by atoms with Crippen LogP contribution in [0, 0.1) is 5.92 Å².